The van der Waals surface area contributed by atoms with Crippen molar-refractivity contribution in [3.8, 4) is 0 Å². The molecule has 26 heavy (non-hydrogen) atoms. The summed E-state index contributed by atoms with van der Waals surface area (Å²) < 4.78 is 0. The zero-order chi connectivity index (χ0) is 18.2. The van der Waals surface area contributed by atoms with Crippen LogP contribution in [0.3, 0.4) is 0 Å². The molecule has 1 radical (unpaired) electrons. The molecule has 0 unspecified atom stereocenters. The van der Waals surface area contributed by atoms with Crippen LogP contribution >= 0.6 is 0 Å². The summed E-state index contributed by atoms with van der Waals surface area (Å²) in [7, 11) is 0. The number of nitrogens with zero attached hydrogens (tertiary/aromatic N) is 2. The van der Waals surface area contributed by atoms with Gasteiger partial charge in [-0.2, -0.15) is 0 Å². The fourth-order valence-electron chi connectivity index (χ4n) is 5.05. The molecule has 6 heteroatoms. The first-order chi connectivity index (χ1) is 12.6. The number of rotatable bonds is 1. The Hall–Kier alpha value is -1.92. The Kier molecular flexibility index (Phi) is 4.49. The van der Waals surface area contributed by atoms with Crippen molar-refractivity contribution in [1.29, 1.82) is 0 Å². The van der Waals surface area contributed by atoms with Gasteiger partial charge in [0, 0.05) is 5.69 Å². The summed E-state index contributed by atoms with van der Waals surface area (Å²) in [5, 5.41) is 17.4. The third-order valence-corrected chi connectivity index (χ3v) is 6.35. The summed E-state index contributed by atoms with van der Waals surface area (Å²) in [6.45, 7) is 0. The SMILES string of the molecule is [O]N1C2(CCCCC2)C(=O)N(C(=O)Nc2ccccc2)C12CCCCC2. The molecule has 3 aliphatic rings. The van der Waals surface area contributed by atoms with Crippen LogP contribution in [0.5, 0.6) is 0 Å². The summed E-state index contributed by atoms with van der Waals surface area (Å²) in [5.74, 6) is -0.289. The first-order valence-electron chi connectivity index (χ1n) is 9.78. The molecule has 4 rings (SSSR count). The van der Waals surface area contributed by atoms with Gasteiger partial charge in [-0.05, 0) is 50.7 Å². The molecule has 0 aromatic heterocycles. The Morgan fingerprint density at radius 2 is 1.46 bits per heavy atom. The van der Waals surface area contributed by atoms with Gasteiger partial charge >= 0.3 is 6.03 Å². The van der Waals surface area contributed by atoms with Crippen LogP contribution in [0, 0.1) is 0 Å². The second-order valence-electron chi connectivity index (χ2n) is 7.87. The topological polar surface area (TPSA) is 72.5 Å². The van der Waals surface area contributed by atoms with Crippen LogP contribution in [0.25, 0.3) is 0 Å². The number of imide groups is 1. The van der Waals surface area contributed by atoms with E-state index in [1.165, 1.54) is 4.90 Å². The second-order valence-corrected chi connectivity index (χ2v) is 7.87. The normalized spacial score (nSPS) is 25.0. The highest BCUT2D eigenvalue weighted by atomic mass is 16.5. The maximum absolute atomic E-state index is 13.5. The van der Waals surface area contributed by atoms with E-state index in [9.17, 15) is 14.8 Å². The number of nitrogens with one attached hydrogen (secondary N) is 1. The Morgan fingerprint density at radius 3 is 2.08 bits per heavy atom. The average molecular weight is 356 g/mol. The van der Waals surface area contributed by atoms with Crippen LogP contribution in [0.1, 0.15) is 64.2 Å². The van der Waals surface area contributed by atoms with Gasteiger partial charge in [-0.15, -0.1) is 10.3 Å². The summed E-state index contributed by atoms with van der Waals surface area (Å²) in [4.78, 5) is 27.8. The van der Waals surface area contributed by atoms with Gasteiger partial charge < -0.3 is 5.32 Å². The largest absolute Gasteiger partial charge is 0.330 e. The first-order valence-corrected chi connectivity index (χ1v) is 9.78. The zero-order valence-electron chi connectivity index (χ0n) is 15.1. The van der Waals surface area contributed by atoms with Crippen molar-refractivity contribution in [3.05, 3.63) is 30.3 Å². The van der Waals surface area contributed by atoms with E-state index in [-0.39, 0.29) is 5.91 Å². The highest BCUT2D eigenvalue weighted by Crippen LogP contribution is 2.51. The minimum absolute atomic E-state index is 0.289. The number of hydrogen-bond donors (Lipinski definition) is 1. The maximum Gasteiger partial charge on any atom is 0.330 e. The lowest BCUT2D eigenvalue weighted by molar-refractivity contribution is -0.283. The number of urea groups is 1. The fourth-order valence-corrected chi connectivity index (χ4v) is 5.05. The number of para-hydroxylation sites is 1. The van der Waals surface area contributed by atoms with Crippen LogP contribution in [-0.2, 0) is 10.0 Å². The minimum atomic E-state index is -1.04. The number of carbonyl (C=O) groups is 2. The number of benzene rings is 1. The van der Waals surface area contributed by atoms with Crippen molar-refractivity contribution in [2.24, 2.45) is 0 Å². The lowest BCUT2D eigenvalue weighted by atomic mass is 9.80. The molecule has 3 amide bonds. The van der Waals surface area contributed by atoms with Crippen LogP contribution in [-0.4, -0.2) is 33.1 Å². The monoisotopic (exact) mass is 356 g/mol. The van der Waals surface area contributed by atoms with E-state index < -0.39 is 17.2 Å². The molecular formula is C20H26N3O3. The van der Waals surface area contributed by atoms with Gasteiger partial charge in [0.2, 0.25) is 0 Å². The van der Waals surface area contributed by atoms with E-state index in [0.717, 1.165) is 43.6 Å². The van der Waals surface area contributed by atoms with E-state index in [0.29, 0.717) is 31.4 Å². The highest BCUT2D eigenvalue weighted by molar-refractivity contribution is 6.06. The van der Waals surface area contributed by atoms with Crippen LogP contribution in [0.2, 0.25) is 0 Å². The molecule has 2 spiro atoms. The molecule has 2 aliphatic carbocycles. The smallest absolute Gasteiger partial charge is 0.307 e. The van der Waals surface area contributed by atoms with Gasteiger partial charge in [-0.3, -0.25) is 4.79 Å². The Bertz CT molecular complexity index is 679. The van der Waals surface area contributed by atoms with Crippen molar-refractivity contribution in [3.63, 3.8) is 0 Å². The van der Waals surface area contributed by atoms with E-state index in [4.69, 9.17) is 0 Å². The van der Waals surface area contributed by atoms with Crippen molar-refractivity contribution in [2.75, 3.05) is 5.32 Å². The van der Waals surface area contributed by atoms with Crippen molar-refractivity contribution >= 4 is 17.6 Å². The lowest BCUT2D eigenvalue weighted by Crippen LogP contribution is -2.58. The molecule has 1 aromatic carbocycles. The van der Waals surface area contributed by atoms with Crippen molar-refractivity contribution in [2.45, 2.75) is 75.4 Å². The van der Waals surface area contributed by atoms with Crippen LogP contribution in [0.4, 0.5) is 10.5 Å². The number of hydroxylamine groups is 2. The predicted molar refractivity (Wildman–Crippen MR) is 96.5 cm³/mol. The molecule has 1 N–H and O–H groups in total. The molecule has 6 nitrogen and oxygen atoms in total. The average Bonchev–Trinajstić information content (AvgIpc) is 2.83. The van der Waals surface area contributed by atoms with E-state index in [2.05, 4.69) is 5.32 Å². The molecule has 2 saturated carbocycles. The molecular weight excluding hydrogens is 330 g/mol. The van der Waals surface area contributed by atoms with E-state index >= 15 is 0 Å². The first kappa shape index (κ1) is 17.5. The van der Waals surface area contributed by atoms with Gasteiger partial charge in [-0.1, -0.05) is 43.9 Å². The molecule has 1 aliphatic heterocycles. The lowest BCUT2D eigenvalue weighted by Gasteiger charge is -2.43. The molecule has 3 fully saturated rings. The predicted octanol–water partition coefficient (Wildman–Crippen LogP) is 4.07. The molecule has 0 bridgehead atoms. The Labute approximate surface area is 154 Å². The van der Waals surface area contributed by atoms with Crippen LogP contribution < -0.4 is 5.32 Å². The second kappa shape index (κ2) is 6.67. The quantitative estimate of drug-likeness (QED) is 0.824. The summed E-state index contributed by atoms with van der Waals surface area (Å²) in [6.07, 6.45) is 7.85. The fraction of sp³-hybridized carbons (Fsp3) is 0.600. The van der Waals surface area contributed by atoms with Crippen molar-refractivity contribution in [1.82, 2.24) is 9.96 Å². The Balaban J connectivity index is 1.70. The van der Waals surface area contributed by atoms with Crippen LogP contribution in [0.15, 0.2) is 30.3 Å². The summed E-state index contributed by atoms with van der Waals surface area (Å²) >= 11 is 0. The number of carbonyl (C=O) groups excluding carboxylic acids is 2. The van der Waals surface area contributed by atoms with Gasteiger partial charge in [0.05, 0.1) is 0 Å². The maximum atomic E-state index is 13.5. The number of anilines is 1. The molecule has 0 atom stereocenters. The number of amides is 3. The molecule has 1 aromatic rings. The van der Waals surface area contributed by atoms with Gasteiger partial charge in [0.15, 0.2) is 0 Å². The summed E-state index contributed by atoms with van der Waals surface area (Å²) in [5.41, 5.74) is -1.41. The van der Waals surface area contributed by atoms with Gasteiger partial charge in [0.25, 0.3) is 5.91 Å². The van der Waals surface area contributed by atoms with Gasteiger partial charge in [-0.25, -0.2) is 9.69 Å². The standard InChI is InChI=1S/C20H26N3O3/c24-17-19(12-6-2-7-13-19)23(26)20(14-8-3-9-15-20)22(17)18(25)21-16-10-4-1-5-11-16/h1,4-5,10-11H,2-3,6-9,12-15H2,(H,21,25). The zero-order valence-corrected chi connectivity index (χ0v) is 15.1. The third kappa shape index (κ3) is 2.55. The summed E-state index contributed by atoms with van der Waals surface area (Å²) in [6, 6.07) is 8.65. The Morgan fingerprint density at radius 1 is 0.885 bits per heavy atom. The molecule has 139 valence electrons. The highest BCUT2D eigenvalue weighted by Gasteiger charge is 2.67. The third-order valence-electron chi connectivity index (χ3n) is 6.35. The molecule has 1 saturated heterocycles. The molecule has 1 heterocycles. The van der Waals surface area contributed by atoms with Crippen molar-refractivity contribution < 1.29 is 14.8 Å². The number of hydrogen-bond acceptors (Lipinski definition) is 3. The van der Waals surface area contributed by atoms with E-state index in [1.807, 2.05) is 18.2 Å². The van der Waals surface area contributed by atoms with E-state index in [1.54, 1.807) is 12.1 Å². The van der Waals surface area contributed by atoms with Gasteiger partial charge in [0.1, 0.15) is 11.2 Å². The minimum Gasteiger partial charge on any atom is -0.307 e.